The molecule has 6 nitrogen and oxygen atoms in total. The van der Waals surface area contributed by atoms with Gasteiger partial charge >= 0.3 is 0 Å². The second-order valence-corrected chi connectivity index (χ2v) is 3.41. The lowest BCUT2D eigenvalue weighted by Gasteiger charge is -2.38. The fourth-order valence-electron chi connectivity index (χ4n) is 1.46. The number of ether oxygens (including phenoxy) is 1. The molecule has 2 unspecified atom stereocenters. The molecule has 1 aliphatic heterocycles. The van der Waals surface area contributed by atoms with Gasteiger partial charge in [0, 0.05) is 6.92 Å². The van der Waals surface area contributed by atoms with Gasteiger partial charge in [-0.1, -0.05) is 0 Å². The molecule has 0 aromatic carbocycles. The number of carbonyl (C=O) groups excluding carboxylic acids is 1. The van der Waals surface area contributed by atoms with Gasteiger partial charge in [0.05, 0.1) is 6.61 Å². The Labute approximate surface area is 85.7 Å². The van der Waals surface area contributed by atoms with Gasteiger partial charge in [0.25, 0.3) is 0 Å². The maximum atomic E-state index is 13.3. The van der Waals surface area contributed by atoms with Crippen LogP contribution in [0.1, 0.15) is 6.92 Å². The molecule has 4 N–H and O–H groups in total. The third-order valence-electron chi connectivity index (χ3n) is 2.22. The lowest BCUT2D eigenvalue weighted by Crippen LogP contribution is -2.62. The Morgan fingerprint density at radius 1 is 1.53 bits per heavy atom. The van der Waals surface area contributed by atoms with Crippen LogP contribution in [0.5, 0.6) is 0 Å². The summed E-state index contributed by atoms with van der Waals surface area (Å²) in [6.07, 6.45) is -6.27. The average molecular weight is 223 g/mol. The van der Waals surface area contributed by atoms with E-state index in [1.807, 2.05) is 0 Å². The number of nitrogens with one attached hydrogen (secondary N) is 1. The summed E-state index contributed by atoms with van der Waals surface area (Å²) in [7, 11) is 0. The zero-order valence-electron chi connectivity index (χ0n) is 8.13. The number of rotatable bonds is 2. The summed E-state index contributed by atoms with van der Waals surface area (Å²) < 4.78 is 18.0. The molecule has 0 bridgehead atoms. The first-order valence-corrected chi connectivity index (χ1v) is 4.51. The number of hydrogen-bond donors (Lipinski definition) is 4. The van der Waals surface area contributed by atoms with Gasteiger partial charge in [-0.2, -0.15) is 0 Å². The van der Waals surface area contributed by atoms with Crippen molar-refractivity contribution in [1.29, 1.82) is 0 Å². The summed E-state index contributed by atoms with van der Waals surface area (Å²) in [6, 6.07) is -1.22. The van der Waals surface area contributed by atoms with Crippen molar-refractivity contribution in [2.45, 2.75) is 37.6 Å². The van der Waals surface area contributed by atoms with Gasteiger partial charge in [0.15, 0.2) is 12.5 Å². The minimum absolute atomic E-state index is 0.517. The zero-order valence-corrected chi connectivity index (χ0v) is 8.13. The van der Waals surface area contributed by atoms with Crippen molar-refractivity contribution in [3.8, 4) is 0 Å². The van der Waals surface area contributed by atoms with E-state index in [-0.39, 0.29) is 0 Å². The second-order valence-electron chi connectivity index (χ2n) is 3.41. The van der Waals surface area contributed by atoms with Crippen molar-refractivity contribution in [3.05, 3.63) is 0 Å². The molecule has 1 rings (SSSR count). The fourth-order valence-corrected chi connectivity index (χ4v) is 1.46. The van der Waals surface area contributed by atoms with Crippen molar-refractivity contribution in [2.24, 2.45) is 0 Å². The van der Waals surface area contributed by atoms with E-state index in [4.69, 9.17) is 5.11 Å². The molecule has 1 heterocycles. The Morgan fingerprint density at radius 2 is 2.13 bits per heavy atom. The summed E-state index contributed by atoms with van der Waals surface area (Å²) in [4.78, 5) is 10.7. The number of amides is 1. The molecule has 0 radical (unpaired) electrons. The molecular formula is C8H14FNO5. The molecule has 0 saturated carbocycles. The van der Waals surface area contributed by atoms with Crippen LogP contribution in [-0.4, -0.2) is 58.5 Å². The van der Waals surface area contributed by atoms with Gasteiger partial charge in [-0.25, -0.2) is 4.39 Å². The van der Waals surface area contributed by atoms with Gasteiger partial charge in [0.2, 0.25) is 5.91 Å². The molecule has 5 atom stereocenters. The van der Waals surface area contributed by atoms with Gasteiger partial charge < -0.3 is 25.4 Å². The van der Waals surface area contributed by atoms with Gasteiger partial charge in [-0.15, -0.1) is 0 Å². The third-order valence-corrected chi connectivity index (χ3v) is 2.22. The molecular weight excluding hydrogens is 209 g/mol. The molecule has 1 amide bonds. The second kappa shape index (κ2) is 4.84. The Kier molecular flexibility index (Phi) is 3.97. The normalized spacial score (nSPS) is 41.3. The summed E-state index contributed by atoms with van der Waals surface area (Å²) >= 11 is 0. The van der Waals surface area contributed by atoms with Crippen LogP contribution in [0.3, 0.4) is 0 Å². The first kappa shape index (κ1) is 12.3. The Bertz CT molecular complexity index is 239. The van der Waals surface area contributed by atoms with Crippen LogP contribution in [0.25, 0.3) is 0 Å². The van der Waals surface area contributed by atoms with Crippen LogP contribution in [0.2, 0.25) is 0 Å². The minimum Gasteiger partial charge on any atom is -0.394 e. The van der Waals surface area contributed by atoms with Crippen LogP contribution >= 0.6 is 0 Å². The number of halogens is 1. The monoisotopic (exact) mass is 223 g/mol. The molecule has 0 aromatic rings. The smallest absolute Gasteiger partial charge is 0.217 e. The van der Waals surface area contributed by atoms with Crippen molar-refractivity contribution in [3.63, 3.8) is 0 Å². The molecule has 7 heteroatoms. The maximum Gasteiger partial charge on any atom is 0.217 e. The maximum absolute atomic E-state index is 13.3. The number of aliphatic hydroxyl groups is 3. The number of carbonyl (C=O) groups is 1. The molecule has 0 aromatic heterocycles. The van der Waals surface area contributed by atoms with E-state index >= 15 is 0 Å². The summed E-state index contributed by atoms with van der Waals surface area (Å²) in [5.74, 6) is -0.517. The van der Waals surface area contributed by atoms with Crippen molar-refractivity contribution in [2.75, 3.05) is 6.61 Å². The SMILES string of the molecule is CC(=O)NC1[C@H](O)OC(CO)[C@@H](F)[C@@H]1O. The Hall–Kier alpha value is -0.760. The molecule has 1 aliphatic rings. The molecule has 0 aliphatic carbocycles. The van der Waals surface area contributed by atoms with Crippen molar-refractivity contribution in [1.82, 2.24) is 5.32 Å². The van der Waals surface area contributed by atoms with Crippen molar-refractivity contribution >= 4 is 5.91 Å². The highest BCUT2D eigenvalue weighted by atomic mass is 19.1. The molecule has 88 valence electrons. The van der Waals surface area contributed by atoms with E-state index < -0.39 is 43.2 Å². The van der Waals surface area contributed by atoms with E-state index in [9.17, 15) is 19.4 Å². The topological polar surface area (TPSA) is 99.0 Å². The summed E-state index contributed by atoms with van der Waals surface area (Å²) in [5.41, 5.74) is 0. The van der Waals surface area contributed by atoms with Crippen LogP contribution in [0, 0.1) is 0 Å². The first-order valence-electron chi connectivity index (χ1n) is 4.51. The Morgan fingerprint density at radius 3 is 2.60 bits per heavy atom. The number of aliphatic hydroxyl groups excluding tert-OH is 3. The van der Waals surface area contributed by atoms with Gasteiger partial charge in [-0.05, 0) is 0 Å². The van der Waals surface area contributed by atoms with E-state index in [0.717, 1.165) is 0 Å². The van der Waals surface area contributed by atoms with Crippen molar-refractivity contribution < 1.29 is 29.2 Å². The quantitative estimate of drug-likeness (QED) is 0.430. The highest BCUT2D eigenvalue weighted by molar-refractivity contribution is 5.73. The molecule has 1 saturated heterocycles. The number of hydrogen-bond acceptors (Lipinski definition) is 5. The Balaban J connectivity index is 2.70. The lowest BCUT2D eigenvalue weighted by molar-refractivity contribution is -0.240. The summed E-state index contributed by atoms with van der Waals surface area (Å²) in [6.45, 7) is 0.521. The highest BCUT2D eigenvalue weighted by Gasteiger charge is 2.45. The third kappa shape index (κ3) is 2.63. The summed E-state index contributed by atoms with van der Waals surface area (Å²) in [5, 5.41) is 29.6. The highest BCUT2D eigenvalue weighted by Crippen LogP contribution is 2.22. The van der Waals surface area contributed by atoms with Crippen LogP contribution < -0.4 is 5.32 Å². The first-order chi connectivity index (χ1) is 6.97. The number of alkyl halides is 1. The van der Waals surface area contributed by atoms with E-state index in [1.54, 1.807) is 0 Å². The zero-order chi connectivity index (χ0) is 11.6. The average Bonchev–Trinajstić information content (AvgIpc) is 2.18. The fraction of sp³-hybridized carbons (Fsp3) is 0.875. The lowest BCUT2D eigenvalue weighted by atomic mass is 9.98. The van der Waals surface area contributed by atoms with Gasteiger partial charge in [-0.3, -0.25) is 4.79 Å². The molecule has 0 spiro atoms. The largest absolute Gasteiger partial charge is 0.394 e. The van der Waals surface area contributed by atoms with E-state index in [1.165, 1.54) is 6.92 Å². The van der Waals surface area contributed by atoms with Crippen LogP contribution in [-0.2, 0) is 9.53 Å². The predicted octanol–water partition coefficient (Wildman–Crippen LogP) is -2.10. The van der Waals surface area contributed by atoms with Crippen LogP contribution in [0.4, 0.5) is 4.39 Å². The molecule has 15 heavy (non-hydrogen) atoms. The molecule has 1 fully saturated rings. The van der Waals surface area contributed by atoms with Crippen LogP contribution in [0.15, 0.2) is 0 Å². The van der Waals surface area contributed by atoms with E-state index in [0.29, 0.717) is 0 Å². The standard InChI is InChI=1S/C8H14FNO5/c1-3(12)10-6-7(13)5(9)4(2-11)15-8(6)14/h4-8,11,13-14H,2H2,1H3,(H,10,12)/t4?,5-,6?,7+,8-/m1/s1. The van der Waals surface area contributed by atoms with Gasteiger partial charge in [0.1, 0.15) is 18.2 Å². The minimum atomic E-state index is -1.85. The predicted molar refractivity (Wildman–Crippen MR) is 46.5 cm³/mol. The van der Waals surface area contributed by atoms with E-state index in [2.05, 4.69) is 10.1 Å².